The third-order valence-electron chi connectivity index (χ3n) is 2.32. The van der Waals surface area contributed by atoms with Gasteiger partial charge in [0.2, 0.25) is 5.82 Å². The molecular formula is C12H7Cl2FN2O2. The number of aromatic nitrogens is 2. The molecule has 0 fully saturated rings. The summed E-state index contributed by atoms with van der Waals surface area (Å²) in [6.07, 6.45) is 0. The van der Waals surface area contributed by atoms with Gasteiger partial charge in [-0.15, -0.1) is 0 Å². The molecule has 0 aliphatic carbocycles. The lowest BCUT2D eigenvalue weighted by molar-refractivity contribution is 0.0586. The van der Waals surface area contributed by atoms with E-state index in [0.29, 0.717) is 11.1 Å². The topological polar surface area (TPSA) is 52.1 Å². The zero-order valence-electron chi connectivity index (χ0n) is 9.65. The smallest absolute Gasteiger partial charge is 0.376 e. The number of hydrogen-bond acceptors (Lipinski definition) is 4. The van der Waals surface area contributed by atoms with Crippen LogP contribution in [0.25, 0.3) is 11.1 Å². The maximum absolute atomic E-state index is 12.9. The zero-order chi connectivity index (χ0) is 14.0. The van der Waals surface area contributed by atoms with Crippen LogP contribution in [0.4, 0.5) is 4.39 Å². The minimum atomic E-state index is -0.741. The zero-order valence-corrected chi connectivity index (χ0v) is 11.2. The van der Waals surface area contributed by atoms with Crippen molar-refractivity contribution in [2.24, 2.45) is 0 Å². The summed E-state index contributed by atoms with van der Waals surface area (Å²) in [6.45, 7) is 0. The van der Waals surface area contributed by atoms with Gasteiger partial charge in [0.05, 0.1) is 12.7 Å². The summed E-state index contributed by atoms with van der Waals surface area (Å²) in [5, 5.41) is -0.0148. The Hall–Kier alpha value is -1.72. The first kappa shape index (κ1) is 13.7. The Labute approximate surface area is 118 Å². The molecule has 0 atom stereocenters. The third-order valence-corrected chi connectivity index (χ3v) is 2.87. The molecule has 0 spiro atoms. The molecular weight excluding hydrogens is 294 g/mol. The van der Waals surface area contributed by atoms with Crippen molar-refractivity contribution in [2.45, 2.75) is 0 Å². The van der Waals surface area contributed by atoms with E-state index in [1.54, 1.807) is 0 Å². The summed E-state index contributed by atoms with van der Waals surface area (Å²) in [5.41, 5.74) is 0.879. The number of benzene rings is 1. The molecule has 19 heavy (non-hydrogen) atoms. The number of nitrogens with zero attached hydrogens (tertiary/aromatic N) is 2. The van der Waals surface area contributed by atoms with Crippen LogP contribution in [0.2, 0.25) is 10.3 Å². The van der Waals surface area contributed by atoms with Crippen LogP contribution in [0.3, 0.4) is 0 Å². The average molecular weight is 301 g/mol. The Morgan fingerprint density at radius 3 is 2.16 bits per heavy atom. The number of ether oxygens (including phenoxy) is 1. The van der Waals surface area contributed by atoms with Crippen molar-refractivity contribution < 1.29 is 13.9 Å². The van der Waals surface area contributed by atoms with Crippen LogP contribution < -0.4 is 0 Å². The van der Waals surface area contributed by atoms with E-state index in [4.69, 9.17) is 23.2 Å². The lowest BCUT2D eigenvalue weighted by Crippen LogP contribution is -2.08. The van der Waals surface area contributed by atoms with E-state index in [-0.39, 0.29) is 21.9 Å². The van der Waals surface area contributed by atoms with Gasteiger partial charge >= 0.3 is 5.97 Å². The van der Waals surface area contributed by atoms with Crippen molar-refractivity contribution in [3.05, 3.63) is 46.2 Å². The molecule has 1 heterocycles. The number of rotatable bonds is 2. The first-order valence-electron chi connectivity index (χ1n) is 5.10. The Morgan fingerprint density at radius 2 is 1.68 bits per heavy atom. The van der Waals surface area contributed by atoms with E-state index in [1.165, 1.54) is 31.4 Å². The molecule has 1 aromatic heterocycles. The molecule has 0 N–H and O–H groups in total. The highest BCUT2D eigenvalue weighted by Crippen LogP contribution is 2.32. The minimum absolute atomic E-state index is 0.00740. The summed E-state index contributed by atoms with van der Waals surface area (Å²) in [7, 11) is 1.20. The molecule has 0 amide bonds. The lowest BCUT2D eigenvalue weighted by Gasteiger charge is -2.07. The number of carbonyl (C=O) groups excluding carboxylic acids is 1. The van der Waals surface area contributed by atoms with Crippen molar-refractivity contribution in [3.8, 4) is 11.1 Å². The van der Waals surface area contributed by atoms with Crippen LogP contribution in [0.1, 0.15) is 10.6 Å². The van der Waals surface area contributed by atoms with Crippen molar-refractivity contribution >= 4 is 29.2 Å². The van der Waals surface area contributed by atoms with Crippen LogP contribution in [0.5, 0.6) is 0 Å². The molecule has 98 valence electrons. The second-order valence-electron chi connectivity index (χ2n) is 3.50. The number of carbonyl (C=O) groups is 1. The van der Waals surface area contributed by atoms with Crippen LogP contribution in [-0.2, 0) is 4.74 Å². The molecule has 0 saturated carbocycles. The highest BCUT2D eigenvalue weighted by molar-refractivity contribution is 6.37. The number of esters is 1. The first-order chi connectivity index (χ1) is 9.02. The van der Waals surface area contributed by atoms with Crippen LogP contribution >= 0.6 is 23.2 Å². The maximum atomic E-state index is 12.9. The highest BCUT2D eigenvalue weighted by atomic mass is 35.5. The second kappa shape index (κ2) is 5.50. The van der Waals surface area contributed by atoms with Crippen LogP contribution in [0, 0.1) is 5.82 Å². The van der Waals surface area contributed by atoms with Crippen molar-refractivity contribution in [1.29, 1.82) is 0 Å². The summed E-state index contributed by atoms with van der Waals surface area (Å²) in [5.74, 6) is -1.36. The summed E-state index contributed by atoms with van der Waals surface area (Å²) < 4.78 is 17.3. The second-order valence-corrected chi connectivity index (χ2v) is 4.22. The fourth-order valence-corrected chi connectivity index (χ4v) is 2.05. The number of halogens is 3. The predicted octanol–water partition coefficient (Wildman–Crippen LogP) is 3.38. The van der Waals surface area contributed by atoms with Crippen molar-refractivity contribution in [1.82, 2.24) is 9.97 Å². The van der Waals surface area contributed by atoms with Gasteiger partial charge in [0.15, 0.2) is 0 Å². The molecule has 4 nitrogen and oxygen atoms in total. The van der Waals surface area contributed by atoms with Crippen LogP contribution in [0.15, 0.2) is 24.3 Å². The van der Waals surface area contributed by atoms with Gasteiger partial charge in [0, 0.05) is 0 Å². The molecule has 0 bridgehead atoms. The summed E-state index contributed by atoms with van der Waals surface area (Å²) >= 11 is 11.9. The number of hydrogen-bond donors (Lipinski definition) is 0. The molecule has 2 rings (SSSR count). The Kier molecular flexibility index (Phi) is 3.97. The largest absolute Gasteiger partial charge is 0.463 e. The van der Waals surface area contributed by atoms with E-state index in [9.17, 15) is 9.18 Å². The Balaban J connectivity index is 2.53. The van der Waals surface area contributed by atoms with E-state index >= 15 is 0 Å². The van der Waals surface area contributed by atoms with E-state index in [0.717, 1.165) is 0 Å². The van der Waals surface area contributed by atoms with Gasteiger partial charge < -0.3 is 4.74 Å². The first-order valence-corrected chi connectivity index (χ1v) is 5.86. The monoisotopic (exact) mass is 300 g/mol. The maximum Gasteiger partial charge on any atom is 0.376 e. The fourth-order valence-electron chi connectivity index (χ4n) is 1.45. The van der Waals surface area contributed by atoms with Gasteiger partial charge in [-0.25, -0.2) is 19.2 Å². The van der Waals surface area contributed by atoms with Crippen molar-refractivity contribution in [2.75, 3.05) is 7.11 Å². The normalized spacial score (nSPS) is 10.3. The summed E-state index contributed by atoms with van der Waals surface area (Å²) in [6, 6.07) is 5.50. The molecule has 2 aromatic rings. The van der Waals surface area contributed by atoms with Crippen LogP contribution in [-0.4, -0.2) is 23.0 Å². The SMILES string of the molecule is COC(=O)c1nc(Cl)c(-c2ccc(F)cc2)c(Cl)n1. The Bertz CT molecular complexity index is 609. The number of methoxy groups -OCH3 is 1. The van der Waals surface area contributed by atoms with Gasteiger partial charge in [-0.2, -0.15) is 0 Å². The van der Waals surface area contributed by atoms with E-state index in [1.807, 2.05) is 0 Å². The molecule has 1 aromatic carbocycles. The van der Waals surface area contributed by atoms with E-state index < -0.39 is 5.97 Å². The highest BCUT2D eigenvalue weighted by Gasteiger charge is 2.18. The Morgan fingerprint density at radius 1 is 1.16 bits per heavy atom. The molecule has 0 aliphatic heterocycles. The van der Waals surface area contributed by atoms with Crippen molar-refractivity contribution in [3.63, 3.8) is 0 Å². The third kappa shape index (κ3) is 2.83. The lowest BCUT2D eigenvalue weighted by atomic mass is 10.1. The standard InChI is InChI=1S/C12H7Cl2FN2O2/c1-19-12(18)11-16-9(13)8(10(14)17-11)6-2-4-7(15)5-3-6/h2-5H,1H3. The fraction of sp³-hybridized carbons (Fsp3) is 0.0833. The minimum Gasteiger partial charge on any atom is -0.463 e. The quantitative estimate of drug-likeness (QED) is 0.630. The van der Waals surface area contributed by atoms with Gasteiger partial charge in [0.25, 0.3) is 0 Å². The molecule has 0 aliphatic rings. The van der Waals surface area contributed by atoms with Gasteiger partial charge in [-0.3, -0.25) is 0 Å². The van der Waals surface area contributed by atoms with E-state index in [2.05, 4.69) is 14.7 Å². The van der Waals surface area contributed by atoms with Gasteiger partial charge in [-0.05, 0) is 17.7 Å². The molecule has 7 heteroatoms. The molecule has 0 unspecified atom stereocenters. The molecule has 0 radical (unpaired) electrons. The molecule has 0 saturated heterocycles. The van der Waals surface area contributed by atoms with Gasteiger partial charge in [0.1, 0.15) is 16.1 Å². The average Bonchev–Trinajstić information content (AvgIpc) is 2.39. The van der Waals surface area contributed by atoms with Gasteiger partial charge in [-0.1, -0.05) is 35.3 Å². The summed E-state index contributed by atoms with van der Waals surface area (Å²) in [4.78, 5) is 18.9. The predicted molar refractivity (Wildman–Crippen MR) is 68.8 cm³/mol.